The molecular weight excluding hydrogens is 296 g/mol. The minimum Gasteiger partial charge on any atom is -0.469 e. The highest BCUT2D eigenvalue weighted by atomic mass is 35.5. The standard InChI is InChI=1S/C14H17ClN2O4/c1-21-14(18)8-10-4-6-16(7-5-10)13-3-2-11(17(19)20)9-12(13)15/h2-3,9-10H,4-8H2,1H3. The summed E-state index contributed by atoms with van der Waals surface area (Å²) in [5.74, 6) is 0.146. The second-order valence-corrected chi connectivity index (χ2v) is 5.51. The first-order chi connectivity index (χ1) is 10.0. The van der Waals surface area contributed by atoms with Gasteiger partial charge in [-0.2, -0.15) is 0 Å². The highest BCUT2D eigenvalue weighted by molar-refractivity contribution is 6.33. The number of nitro groups is 1. The van der Waals surface area contributed by atoms with Crippen molar-refractivity contribution in [2.75, 3.05) is 25.1 Å². The Morgan fingerprint density at radius 2 is 2.14 bits per heavy atom. The lowest BCUT2D eigenvalue weighted by atomic mass is 9.93. The van der Waals surface area contributed by atoms with E-state index in [1.54, 1.807) is 6.07 Å². The topological polar surface area (TPSA) is 72.7 Å². The Hall–Kier alpha value is -1.82. The van der Waals surface area contributed by atoms with Gasteiger partial charge in [-0.05, 0) is 24.8 Å². The molecule has 0 N–H and O–H groups in total. The third kappa shape index (κ3) is 3.85. The van der Waals surface area contributed by atoms with Gasteiger partial charge in [0.05, 0.1) is 22.7 Å². The first-order valence-corrected chi connectivity index (χ1v) is 7.14. The smallest absolute Gasteiger partial charge is 0.305 e. The van der Waals surface area contributed by atoms with Crippen LogP contribution in [0.5, 0.6) is 0 Å². The van der Waals surface area contributed by atoms with Gasteiger partial charge in [-0.3, -0.25) is 14.9 Å². The van der Waals surface area contributed by atoms with Crippen molar-refractivity contribution in [3.8, 4) is 0 Å². The predicted molar refractivity (Wildman–Crippen MR) is 79.7 cm³/mol. The number of nitrogens with zero attached hydrogens (tertiary/aromatic N) is 2. The number of rotatable bonds is 4. The molecule has 1 aromatic carbocycles. The van der Waals surface area contributed by atoms with Crippen molar-refractivity contribution in [1.29, 1.82) is 0 Å². The minimum atomic E-state index is -0.460. The number of halogens is 1. The molecule has 0 aromatic heterocycles. The second-order valence-electron chi connectivity index (χ2n) is 5.10. The van der Waals surface area contributed by atoms with Crippen LogP contribution < -0.4 is 4.90 Å². The van der Waals surface area contributed by atoms with Gasteiger partial charge in [-0.25, -0.2) is 0 Å². The number of carbonyl (C=O) groups excluding carboxylic acids is 1. The van der Waals surface area contributed by atoms with Gasteiger partial charge in [0.1, 0.15) is 0 Å². The number of ether oxygens (including phenoxy) is 1. The number of anilines is 1. The van der Waals surface area contributed by atoms with Crippen molar-refractivity contribution < 1.29 is 14.5 Å². The van der Waals surface area contributed by atoms with E-state index in [-0.39, 0.29) is 11.7 Å². The lowest BCUT2D eigenvalue weighted by Gasteiger charge is -2.33. The van der Waals surface area contributed by atoms with E-state index < -0.39 is 4.92 Å². The zero-order valence-corrected chi connectivity index (χ0v) is 12.5. The van der Waals surface area contributed by atoms with E-state index in [1.807, 2.05) is 0 Å². The molecular formula is C14H17ClN2O4. The van der Waals surface area contributed by atoms with Gasteiger partial charge in [-0.1, -0.05) is 11.6 Å². The molecule has 1 aromatic rings. The van der Waals surface area contributed by atoms with Crippen LogP contribution in [0, 0.1) is 16.0 Å². The maximum Gasteiger partial charge on any atom is 0.305 e. The van der Waals surface area contributed by atoms with E-state index in [1.165, 1.54) is 19.2 Å². The summed E-state index contributed by atoms with van der Waals surface area (Å²) in [5, 5.41) is 11.1. The van der Waals surface area contributed by atoms with Gasteiger partial charge in [0, 0.05) is 31.6 Å². The molecule has 1 heterocycles. The highest BCUT2D eigenvalue weighted by Crippen LogP contribution is 2.33. The van der Waals surface area contributed by atoms with Crippen molar-refractivity contribution in [2.45, 2.75) is 19.3 Å². The van der Waals surface area contributed by atoms with Crippen LogP contribution in [-0.2, 0) is 9.53 Å². The molecule has 6 nitrogen and oxygen atoms in total. The summed E-state index contributed by atoms with van der Waals surface area (Å²) in [6.07, 6.45) is 2.20. The number of non-ortho nitro benzene ring substituents is 1. The molecule has 114 valence electrons. The number of benzene rings is 1. The molecule has 0 saturated carbocycles. The van der Waals surface area contributed by atoms with E-state index >= 15 is 0 Å². The summed E-state index contributed by atoms with van der Waals surface area (Å²) >= 11 is 6.13. The summed E-state index contributed by atoms with van der Waals surface area (Å²) < 4.78 is 4.68. The number of nitro benzene ring substituents is 1. The maximum atomic E-state index is 11.3. The van der Waals surface area contributed by atoms with Crippen LogP contribution in [0.3, 0.4) is 0 Å². The van der Waals surface area contributed by atoms with E-state index in [0.29, 0.717) is 17.4 Å². The summed E-state index contributed by atoms with van der Waals surface area (Å²) in [4.78, 5) is 23.6. The largest absolute Gasteiger partial charge is 0.469 e. The van der Waals surface area contributed by atoms with Gasteiger partial charge in [0.15, 0.2) is 0 Å². The average Bonchev–Trinajstić information content (AvgIpc) is 2.48. The molecule has 0 amide bonds. The number of hydrogen-bond acceptors (Lipinski definition) is 5. The molecule has 21 heavy (non-hydrogen) atoms. The molecule has 0 spiro atoms. The van der Waals surface area contributed by atoms with Crippen molar-refractivity contribution in [3.63, 3.8) is 0 Å². The third-order valence-corrected chi connectivity index (χ3v) is 4.08. The second kappa shape index (κ2) is 6.76. The molecule has 7 heteroatoms. The Labute approximate surface area is 127 Å². The minimum absolute atomic E-state index is 0.00988. The SMILES string of the molecule is COC(=O)CC1CCN(c2ccc([N+](=O)[O-])cc2Cl)CC1. The summed E-state index contributed by atoms with van der Waals surface area (Å²) in [5.41, 5.74) is 0.795. The lowest BCUT2D eigenvalue weighted by Crippen LogP contribution is -2.34. The van der Waals surface area contributed by atoms with Crippen molar-refractivity contribution in [1.82, 2.24) is 0 Å². The van der Waals surface area contributed by atoms with Gasteiger partial charge in [0.25, 0.3) is 5.69 Å². The van der Waals surface area contributed by atoms with Crippen LogP contribution in [0.2, 0.25) is 5.02 Å². The fourth-order valence-corrected chi connectivity index (χ4v) is 2.86. The van der Waals surface area contributed by atoms with E-state index in [9.17, 15) is 14.9 Å². The Balaban J connectivity index is 1.99. The van der Waals surface area contributed by atoms with Crippen molar-refractivity contribution in [2.24, 2.45) is 5.92 Å². The van der Waals surface area contributed by atoms with E-state index in [0.717, 1.165) is 31.6 Å². The van der Waals surface area contributed by atoms with E-state index in [4.69, 9.17) is 11.6 Å². The number of carbonyl (C=O) groups is 1. The van der Waals surface area contributed by atoms with Crippen molar-refractivity contribution in [3.05, 3.63) is 33.3 Å². The third-order valence-electron chi connectivity index (χ3n) is 3.78. The van der Waals surface area contributed by atoms with Crippen LogP contribution in [-0.4, -0.2) is 31.1 Å². The lowest BCUT2D eigenvalue weighted by molar-refractivity contribution is -0.384. The number of hydrogen-bond donors (Lipinski definition) is 0. The van der Waals surface area contributed by atoms with Crippen LogP contribution in [0.25, 0.3) is 0 Å². The zero-order chi connectivity index (χ0) is 15.4. The fourth-order valence-electron chi connectivity index (χ4n) is 2.56. The number of methoxy groups -OCH3 is 1. The Morgan fingerprint density at radius 3 is 2.67 bits per heavy atom. The summed E-state index contributed by atoms with van der Waals surface area (Å²) in [7, 11) is 1.40. The molecule has 0 radical (unpaired) electrons. The number of esters is 1. The summed E-state index contributed by atoms with van der Waals surface area (Å²) in [6, 6.07) is 4.51. The van der Waals surface area contributed by atoms with Crippen LogP contribution in [0.4, 0.5) is 11.4 Å². The van der Waals surface area contributed by atoms with Gasteiger partial charge < -0.3 is 9.64 Å². The Morgan fingerprint density at radius 1 is 1.48 bits per heavy atom. The maximum absolute atomic E-state index is 11.3. The normalized spacial score (nSPS) is 15.8. The summed E-state index contributed by atoms with van der Waals surface area (Å²) in [6.45, 7) is 1.55. The van der Waals surface area contributed by atoms with Crippen LogP contribution in [0.15, 0.2) is 18.2 Å². The fraction of sp³-hybridized carbons (Fsp3) is 0.500. The zero-order valence-electron chi connectivity index (χ0n) is 11.8. The Bertz CT molecular complexity index is 542. The van der Waals surface area contributed by atoms with Gasteiger partial charge in [-0.15, -0.1) is 0 Å². The van der Waals surface area contributed by atoms with Gasteiger partial charge >= 0.3 is 5.97 Å². The molecule has 1 aliphatic rings. The molecule has 0 bridgehead atoms. The quantitative estimate of drug-likeness (QED) is 0.485. The molecule has 1 saturated heterocycles. The molecule has 1 aliphatic heterocycles. The predicted octanol–water partition coefficient (Wildman–Crippen LogP) is 3.03. The van der Waals surface area contributed by atoms with Crippen LogP contribution >= 0.6 is 11.6 Å². The van der Waals surface area contributed by atoms with Crippen molar-refractivity contribution >= 4 is 28.9 Å². The molecule has 1 fully saturated rings. The average molecular weight is 313 g/mol. The molecule has 2 rings (SSSR count). The highest BCUT2D eigenvalue weighted by Gasteiger charge is 2.23. The first kappa shape index (κ1) is 15.6. The van der Waals surface area contributed by atoms with Crippen LogP contribution in [0.1, 0.15) is 19.3 Å². The molecule has 0 aliphatic carbocycles. The first-order valence-electron chi connectivity index (χ1n) is 6.77. The number of piperidine rings is 1. The Kier molecular flexibility index (Phi) is 5.01. The molecule has 0 atom stereocenters. The molecule has 0 unspecified atom stereocenters. The monoisotopic (exact) mass is 312 g/mol. The van der Waals surface area contributed by atoms with E-state index in [2.05, 4.69) is 9.64 Å². The van der Waals surface area contributed by atoms with Gasteiger partial charge in [0.2, 0.25) is 0 Å².